The molecule has 0 aromatic carbocycles. The quantitative estimate of drug-likeness (QED) is 0.322. The van der Waals surface area contributed by atoms with Gasteiger partial charge in [-0.2, -0.15) is 5.06 Å². The Labute approximate surface area is 215 Å². The van der Waals surface area contributed by atoms with Crippen molar-refractivity contribution in [2.45, 2.75) is 90.3 Å². The van der Waals surface area contributed by atoms with Crippen LogP contribution in [0.3, 0.4) is 0 Å². The van der Waals surface area contributed by atoms with Gasteiger partial charge in [0.1, 0.15) is 12.2 Å². The van der Waals surface area contributed by atoms with Crippen molar-refractivity contribution in [3.05, 3.63) is 24.3 Å². The molecule has 0 amide bonds. The number of hydroxylamine groups is 2. The minimum atomic E-state index is -0.361. The van der Waals surface area contributed by atoms with Crippen LogP contribution in [0.5, 0.6) is 0 Å². The molecule has 0 spiro atoms. The Kier molecular flexibility index (Phi) is 5.95. The number of allylic oxidation sites excluding steroid dienone is 2. The second kappa shape index (κ2) is 8.69. The van der Waals surface area contributed by atoms with E-state index in [1.54, 1.807) is 0 Å². The third-order valence-electron chi connectivity index (χ3n) is 11.5. The van der Waals surface area contributed by atoms with E-state index in [0.717, 1.165) is 64.2 Å². The summed E-state index contributed by atoms with van der Waals surface area (Å²) in [6.07, 6.45) is 10.2. The molecule has 0 bridgehead atoms. The fourth-order valence-electron chi connectivity index (χ4n) is 9.46. The van der Waals surface area contributed by atoms with Crippen LogP contribution in [-0.4, -0.2) is 47.5 Å². The van der Waals surface area contributed by atoms with E-state index in [0.29, 0.717) is 11.8 Å². The number of nitrogens with zero attached hydrogens (tertiary/aromatic N) is 1. The molecule has 0 aromatic heterocycles. The lowest BCUT2D eigenvalue weighted by Gasteiger charge is -2.50. The van der Waals surface area contributed by atoms with Gasteiger partial charge in [-0.1, -0.05) is 38.2 Å². The van der Waals surface area contributed by atoms with Crippen LogP contribution in [0.2, 0.25) is 0 Å². The highest BCUT2D eigenvalue weighted by Crippen LogP contribution is 2.58. The van der Waals surface area contributed by atoms with Crippen LogP contribution in [0.15, 0.2) is 24.3 Å². The standard InChI is InChI=1S/C30H43NO5/c1-17-7-5-9-29(3)13-25-19(11-23(17)29)21(27(32)35-25)15-31(34)16-22-20-12-24-18(2)8-6-10-30(24,4)14-26(20)36-28(22)33/h19-26,34H,1-2,5-16H2,3-4H3/t19-,20-,21+,22+,23+,24+,25-,26+,29+,30+/m0/s1. The number of carbonyl (C=O) groups excluding carboxylic acids is 2. The van der Waals surface area contributed by atoms with Crippen molar-refractivity contribution in [2.75, 3.05) is 13.1 Å². The number of hydrogen-bond donors (Lipinski definition) is 1. The van der Waals surface area contributed by atoms with Gasteiger partial charge in [0.05, 0.1) is 11.8 Å². The van der Waals surface area contributed by atoms with E-state index in [2.05, 4.69) is 27.0 Å². The summed E-state index contributed by atoms with van der Waals surface area (Å²) in [5.74, 6) is -0.0784. The zero-order chi connectivity index (χ0) is 25.4. The first-order valence-electron chi connectivity index (χ1n) is 14.3. The van der Waals surface area contributed by atoms with Crippen LogP contribution in [-0.2, 0) is 19.1 Å². The van der Waals surface area contributed by atoms with Gasteiger partial charge in [-0.25, -0.2) is 0 Å². The van der Waals surface area contributed by atoms with Crippen LogP contribution < -0.4 is 0 Å². The number of carbonyl (C=O) groups is 2. The molecule has 4 saturated carbocycles. The highest BCUT2D eigenvalue weighted by Gasteiger charge is 2.57. The molecule has 2 saturated heterocycles. The summed E-state index contributed by atoms with van der Waals surface area (Å²) < 4.78 is 11.8. The number of rotatable bonds is 4. The van der Waals surface area contributed by atoms with Crippen LogP contribution in [0.25, 0.3) is 0 Å². The fraction of sp³-hybridized carbons (Fsp3) is 0.800. The maximum Gasteiger partial charge on any atom is 0.311 e. The molecule has 2 aliphatic heterocycles. The number of fused-ring (bicyclic) bond motifs is 4. The largest absolute Gasteiger partial charge is 0.462 e. The summed E-state index contributed by atoms with van der Waals surface area (Å²) in [6, 6.07) is 0. The third kappa shape index (κ3) is 3.89. The Bertz CT molecular complexity index is 900. The van der Waals surface area contributed by atoms with Crippen molar-refractivity contribution in [1.82, 2.24) is 5.06 Å². The average molecular weight is 498 g/mol. The summed E-state index contributed by atoms with van der Waals surface area (Å²) in [5, 5.41) is 12.3. The molecule has 6 rings (SSSR count). The van der Waals surface area contributed by atoms with Gasteiger partial charge in [-0.3, -0.25) is 9.59 Å². The molecule has 198 valence electrons. The van der Waals surface area contributed by atoms with Crippen molar-refractivity contribution < 1.29 is 24.3 Å². The van der Waals surface area contributed by atoms with Crippen LogP contribution >= 0.6 is 0 Å². The summed E-state index contributed by atoms with van der Waals surface area (Å²) >= 11 is 0. The molecule has 0 radical (unpaired) electrons. The van der Waals surface area contributed by atoms with Crippen LogP contribution in [0.4, 0.5) is 0 Å². The van der Waals surface area contributed by atoms with E-state index in [9.17, 15) is 14.8 Å². The molecule has 1 N–H and O–H groups in total. The first-order chi connectivity index (χ1) is 17.1. The predicted molar refractivity (Wildman–Crippen MR) is 135 cm³/mol. The molecule has 4 aliphatic carbocycles. The van der Waals surface area contributed by atoms with Gasteiger partial charge in [-0.15, -0.1) is 0 Å². The number of ether oxygens (including phenoxy) is 2. The first-order valence-corrected chi connectivity index (χ1v) is 14.3. The van der Waals surface area contributed by atoms with Gasteiger partial charge in [-0.05, 0) is 86.9 Å². The average Bonchev–Trinajstić information content (AvgIpc) is 3.25. The van der Waals surface area contributed by atoms with Crippen LogP contribution in [0.1, 0.15) is 78.1 Å². The first kappa shape index (κ1) is 24.7. The Morgan fingerprint density at radius 3 is 1.67 bits per heavy atom. The van der Waals surface area contributed by atoms with Crippen molar-refractivity contribution >= 4 is 11.9 Å². The Hall–Kier alpha value is -1.66. The molecule has 2 heterocycles. The minimum Gasteiger partial charge on any atom is -0.462 e. The zero-order valence-electron chi connectivity index (χ0n) is 22.0. The van der Waals surface area contributed by atoms with E-state index < -0.39 is 0 Å². The summed E-state index contributed by atoms with van der Waals surface area (Å²) in [4.78, 5) is 25.9. The lowest BCUT2D eigenvalue weighted by molar-refractivity contribution is -0.155. The van der Waals surface area contributed by atoms with Crippen molar-refractivity contribution in [3.63, 3.8) is 0 Å². The molecule has 6 nitrogen and oxygen atoms in total. The Morgan fingerprint density at radius 1 is 0.833 bits per heavy atom. The maximum atomic E-state index is 12.9. The van der Waals surface area contributed by atoms with Gasteiger partial charge in [0, 0.05) is 24.9 Å². The zero-order valence-corrected chi connectivity index (χ0v) is 22.0. The van der Waals surface area contributed by atoms with E-state index in [-0.39, 0.29) is 71.7 Å². The van der Waals surface area contributed by atoms with E-state index >= 15 is 0 Å². The van der Waals surface area contributed by atoms with Gasteiger partial charge < -0.3 is 14.7 Å². The molecule has 10 atom stereocenters. The highest BCUT2D eigenvalue weighted by atomic mass is 16.6. The predicted octanol–water partition coefficient (Wildman–Crippen LogP) is 5.31. The fourth-order valence-corrected chi connectivity index (χ4v) is 9.46. The van der Waals surface area contributed by atoms with E-state index in [1.807, 2.05) is 0 Å². The minimum absolute atomic E-state index is 0.0720. The second-order valence-corrected chi connectivity index (χ2v) is 13.7. The van der Waals surface area contributed by atoms with Gasteiger partial charge in [0.25, 0.3) is 0 Å². The summed E-state index contributed by atoms with van der Waals surface area (Å²) in [6.45, 7) is 13.8. The lowest BCUT2D eigenvalue weighted by Crippen LogP contribution is -2.47. The Balaban J connectivity index is 1.13. The number of esters is 2. The third-order valence-corrected chi connectivity index (χ3v) is 11.5. The van der Waals surface area contributed by atoms with E-state index in [1.165, 1.54) is 16.2 Å². The monoisotopic (exact) mass is 497 g/mol. The van der Waals surface area contributed by atoms with Crippen molar-refractivity contribution in [1.29, 1.82) is 0 Å². The number of hydrogen-bond acceptors (Lipinski definition) is 6. The normalized spacial score (nSPS) is 48.1. The molecule has 36 heavy (non-hydrogen) atoms. The van der Waals surface area contributed by atoms with Gasteiger partial charge in [0.15, 0.2) is 0 Å². The highest BCUT2D eigenvalue weighted by molar-refractivity contribution is 5.76. The summed E-state index contributed by atoms with van der Waals surface area (Å²) in [5.41, 5.74) is 2.95. The molecule has 0 aromatic rings. The topological polar surface area (TPSA) is 76.1 Å². The van der Waals surface area contributed by atoms with Crippen molar-refractivity contribution in [3.8, 4) is 0 Å². The lowest BCUT2D eigenvalue weighted by atomic mass is 9.55. The summed E-state index contributed by atoms with van der Waals surface area (Å²) in [7, 11) is 0. The molecule has 0 unspecified atom stereocenters. The SMILES string of the molecule is C=C1CCC[C@]2(C)C[C@@H]3OC(=O)[C@H](CN(O)C[C@H]4C(=O)O[C@@H]5C[C@@]6(C)CCCC(=C)[C@H]6C[C@H]54)[C@@H]3C[C@H]12. The Morgan fingerprint density at radius 2 is 1.25 bits per heavy atom. The van der Waals surface area contributed by atoms with E-state index in [4.69, 9.17) is 9.47 Å². The molecule has 6 fully saturated rings. The van der Waals surface area contributed by atoms with Crippen molar-refractivity contribution in [2.24, 2.45) is 46.3 Å². The molecular weight excluding hydrogens is 454 g/mol. The molecule has 6 heteroatoms. The maximum absolute atomic E-state index is 12.9. The van der Waals surface area contributed by atoms with Gasteiger partial charge in [0.2, 0.25) is 0 Å². The van der Waals surface area contributed by atoms with Gasteiger partial charge >= 0.3 is 11.9 Å². The molecule has 6 aliphatic rings. The molecular formula is C30H43NO5. The second-order valence-electron chi connectivity index (χ2n) is 13.7. The smallest absolute Gasteiger partial charge is 0.311 e. The van der Waals surface area contributed by atoms with Crippen LogP contribution in [0, 0.1) is 46.3 Å².